The highest BCUT2D eigenvalue weighted by atomic mass is 32.1. The van der Waals surface area contributed by atoms with E-state index in [2.05, 4.69) is 31.4 Å². The van der Waals surface area contributed by atoms with Gasteiger partial charge < -0.3 is 20.5 Å². The Morgan fingerprint density at radius 1 is 1.26 bits per heavy atom. The Bertz CT molecular complexity index is 897. The van der Waals surface area contributed by atoms with Gasteiger partial charge in [0.15, 0.2) is 5.11 Å². The topological polar surface area (TPSA) is 70.6 Å². The summed E-state index contributed by atoms with van der Waals surface area (Å²) in [5.41, 5.74) is 3.20. The Labute approximate surface area is 168 Å². The van der Waals surface area contributed by atoms with Gasteiger partial charge in [0.1, 0.15) is 10.8 Å². The van der Waals surface area contributed by atoms with E-state index in [1.165, 1.54) is 12.0 Å². The smallest absolute Gasteiger partial charge is 0.341 e. The fraction of sp³-hybridized carbons (Fsp3) is 0.400. The van der Waals surface area contributed by atoms with Crippen molar-refractivity contribution < 1.29 is 14.6 Å². The highest BCUT2D eigenvalue weighted by molar-refractivity contribution is 7.80. The van der Waals surface area contributed by atoms with E-state index in [0.717, 1.165) is 30.4 Å². The zero-order chi connectivity index (χ0) is 19.8. The van der Waals surface area contributed by atoms with Crippen LogP contribution in [0.5, 0.6) is 5.75 Å². The van der Waals surface area contributed by atoms with Crippen molar-refractivity contribution in [2.45, 2.75) is 45.4 Å². The Balaban J connectivity index is 1.83. The van der Waals surface area contributed by atoms with Gasteiger partial charge in [0.05, 0.1) is 18.4 Å². The van der Waals surface area contributed by atoms with E-state index in [9.17, 15) is 9.90 Å². The number of thiocarbonyl (C=S) groups is 1. The van der Waals surface area contributed by atoms with Crippen molar-refractivity contribution in [2.24, 2.45) is 0 Å². The molecule has 0 atom stereocenters. The molecule has 5 nitrogen and oxygen atoms in total. The van der Waals surface area contributed by atoms with Crippen LogP contribution in [0.25, 0.3) is 0 Å². The second-order valence-electron chi connectivity index (χ2n) is 7.61. The number of ether oxygens (including phenoxy) is 1. The fourth-order valence-electron chi connectivity index (χ4n) is 3.17. The van der Waals surface area contributed by atoms with Gasteiger partial charge in [-0.05, 0) is 60.2 Å². The van der Waals surface area contributed by atoms with Crippen LogP contribution in [0, 0.1) is 0 Å². The maximum Gasteiger partial charge on any atom is 0.341 e. The first kappa shape index (κ1) is 19.6. The summed E-state index contributed by atoms with van der Waals surface area (Å²) in [6, 6.07) is 5.44. The fourth-order valence-corrected chi connectivity index (χ4v) is 4.73. The molecule has 0 fully saturated rings. The van der Waals surface area contributed by atoms with Crippen LogP contribution in [0.4, 0.5) is 10.7 Å². The number of thiophene rings is 1. The molecule has 0 bridgehead atoms. The number of phenols is 1. The molecule has 0 aliphatic heterocycles. The number of carbonyl (C=O) groups excluding carboxylic acids is 1. The van der Waals surface area contributed by atoms with Crippen LogP contribution in [0.3, 0.4) is 0 Å². The van der Waals surface area contributed by atoms with Crippen molar-refractivity contribution in [3.63, 3.8) is 0 Å². The predicted octanol–water partition coefficient (Wildman–Crippen LogP) is 4.84. The summed E-state index contributed by atoms with van der Waals surface area (Å²) in [4.78, 5) is 13.5. The standard InChI is InChI=1S/C20H24N2O3S2/c1-20(2,3)11-8-9-14(23)13(10-11)21-19(26)22-17-16(18(24)25-4)12-6-5-7-15(12)27-17/h8-10,23H,5-7H2,1-4H3,(H2,21,22,26). The van der Waals surface area contributed by atoms with Gasteiger partial charge in [-0.3, -0.25) is 0 Å². The first-order chi connectivity index (χ1) is 12.7. The van der Waals surface area contributed by atoms with Gasteiger partial charge in [-0.25, -0.2) is 4.79 Å². The molecule has 0 spiro atoms. The van der Waals surface area contributed by atoms with Gasteiger partial charge in [-0.1, -0.05) is 26.8 Å². The molecular formula is C20H24N2O3S2. The summed E-state index contributed by atoms with van der Waals surface area (Å²) in [5.74, 6) is -0.230. The zero-order valence-electron chi connectivity index (χ0n) is 15.9. The minimum Gasteiger partial charge on any atom is -0.506 e. The van der Waals surface area contributed by atoms with Crippen LogP contribution in [-0.2, 0) is 23.0 Å². The molecule has 3 N–H and O–H groups in total. The molecular weight excluding hydrogens is 380 g/mol. The molecule has 1 aromatic heterocycles. The van der Waals surface area contributed by atoms with Crippen molar-refractivity contribution in [3.8, 4) is 5.75 Å². The molecule has 1 aliphatic carbocycles. The Morgan fingerprint density at radius 3 is 2.67 bits per heavy atom. The summed E-state index contributed by atoms with van der Waals surface area (Å²) in [7, 11) is 1.39. The highest BCUT2D eigenvalue weighted by Crippen LogP contribution is 2.39. The van der Waals surface area contributed by atoms with E-state index in [-0.39, 0.29) is 17.1 Å². The number of anilines is 2. The minimum atomic E-state index is -0.350. The van der Waals surface area contributed by atoms with Crippen molar-refractivity contribution in [2.75, 3.05) is 17.7 Å². The average molecular weight is 405 g/mol. The number of fused-ring (bicyclic) bond motifs is 1. The number of methoxy groups -OCH3 is 1. The van der Waals surface area contributed by atoms with Gasteiger partial charge >= 0.3 is 5.97 Å². The van der Waals surface area contributed by atoms with E-state index in [0.29, 0.717) is 21.4 Å². The molecule has 1 heterocycles. The molecule has 2 aromatic rings. The lowest BCUT2D eigenvalue weighted by Gasteiger charge is -2.21. The van der Waals surface area contributed by atoms with E-state index < -0.39 is 0 Å². The molecule has 0 saturated heterocycles. The number of nitrogens with one attached hydrogen (secondary N) is 2. The number of hydrogen-bond donors (Lipinski definition) is 3. The molecule has 1 aliphatic rings. The first-order valence-corrected chi connectivity index (χ1v) is 10.1. The van der Waals surface area contributed by atoms with Crippen molar-refractivity contribution in [3.05, 3.63) is 39.8 Å². The number of phenolic OH excluding ortho intramolecular Hbond substituents is 1. The van der Waals surface area contributed by atoms with Crippen molar-refractivity contribution in [1.82, 2.24) is 0 Å². The molecule has 144 valence electrons. The molecule has 3 rings (SSSR count). The summed E-state index contributed by atoms with van der Waals surface area (Å²) in [5, 5.41) is 17.3. The largest absolute Gasteiger partial charge is 0.506 e. The number of rotatable bonds is 3. The van der Waals surface area contributed by atoms with Crippen LogP contribution in [-0.4, -0.2) is 23.3 Å². The summed E-state index contributed by atoms with van der Waals surface area (Å²) in [6.45, 7) is 6.32. The van der Waals surface area contributed by atoms with E-state index in [1.807, 2.05) is 12.1 Å². The zero-order valence-corrected chi connectivity index (χ0v) is 17.6. The molecule has 0 radical (unpaired) electrons. The maximum atomic E-state index is 12.2. The normalized spacial score (nSPS) is 13.2. The van der Waals surface area contributed by atoms with Crippen molar-refractivity contribution in [1.29, 1.82) is 0 Å². The third kappa shape index (κ3) is 4.09. The van der Waals surface area contributed by atoms with Crippen LogP contribution in [0.15, 0.2) is 18.2 Å². The minimum absolute atomic E-state index is 0.0498. The van der Waals surface area contributed by atoms with E-state index >= 15 is 0 Å². The lowest BCUT2D eigenvalue weighted by molar-refractivity contribution is 0.0601. The summed E-state index contributed by atoms with van der Waals surface area (Å²) >= 11 is 6.97. The Morgan fingerprint density at radius 2 is 2.00 bits per heavy atom. The highest BCUT2D eigenvalue weighted by Gasteiger charge is 2.27. The van der Waals surface area contributed by atoms with Crippen LogP contribution in [0.1, 0.15) is 53.6 Å². The predicted molar refractivity (Wildman–Crippen MR) is 114 cm³/mol. The summed E-state index contributed by atoms with van der Waals surface area (Å²) in [6.07, 6.45) is 2.91. The number of carbonyl (C=O) groups is 1. The lowest BCUT2D eigenvalue weighted by atomic mass is 9.87. The molecule has 0 unspecified atom stereocenters. The van der Waals surface area contributed by atoms with Gasteiger partial charge in [0.25, 0.3) is 0 Å². The number of aryl methyl sites for hydroxylation is 1. The maximum absolute atomic E-state index is 12.2. The molecule has 1 aromatic carbocycles. The molecule has 27 heavy (non-hydrogen) atoms. The van der Waals surface area contributed by atoms with Crippen molar-refractivity contribution >= 4 is 45.3 Å². The summed E-state index contributed by atoms with van der Waals surface area (Å²) < 4.78 is 4.96. The SMILES string of the molecule is COC(=O)c1c(NC(=S)Nc2cc(C(C)(C)C)ccc2O)sc2c1CCC2. The Kier molecular flexibility index (Phi) is 5.44. The third-order valence-corrected chi connectivity index (χ3v) is 6.06. The molecule has 0 saturated carbocycles. The van der Waals surface area contributed by atoms with Gasteiger partial charge in [-0.2, -0.15) is 0 Å². The molecule has 0 amide bonds. The third-order valence-electron chi connectivity index (χ3n) is 4.65. The molecule has 7 heteroatoms. The quantitative estimate of drug-likeness (QED) is 0.386. The number of hydrogen-bond acceptors (Lipinski definition) is 5. The number of esters is 1. The van der Waals surface area contributed by atoms with E-state index in [1.54, 1.807) is 17.4 Å². The van der Waals surface area contributed by atoms with E-state index in [4.69, 9.17) is 17.0 Å². The average Bonchev–Trinajstić information content (AvgIpc) is 3.15. The second-order valence-corrected chi connectivity index (χ2v) is 9.13. The Hall–Kier alpha value is -2.12. The van der Waals surface area contributed by atoms with Crippen LogP contribution in [0.2, 0.25) is 0 Å². The second kappa shape index (κ2) is 7.48. The van der Waals surface area contributed by atoms with Gasteiger partial charge in [0.2, 0.25) is 0 Å². The van der Waals surface area contributed by atoms with Crippen LogP contribution < -0.4 is 10.6 Å². The lowest BCUT2D eigenvalue weighted by Crippen LogP contribution is -2.21. The number of aromatic hydroxyl groups is 1. The number of benzene rings is 1. The van der Waals surface area contributed by atoms with Crippen LogP contribution >= 0.6 is 23.6 Å². The monoisotopic (exact) mass is 404 g/mol. The van der Waals surface area contributed by atoms with Gasteiger partial charge in [0, 0.05) is 4.88 Å². The van der Waals surface area contributed by atoms with Gasteiger partial charge in [-0.15, -0.1) is 11.3 Å². The first-order valence-electron chi connectivity index (χ1n) is 8.85.